The van der Waals surface area contributed by atoms with Crippen LogP contribution in [0, 0.1) is 5.92 Å². The van der Waals surface area contributed by atoms with E-state index in [1.807, 2.05) is 13.8 Å². The molecule has 0 aromatic heterocycles. The molecule has 3 N–H and O–H groups in total. The van der Waals surface area contributed by atoms with E-state index in [-0.39, 0.29) is 42.5 Å². The number of ether oxygens (including phenoxy) is 1. The number of aliphatic imine (C=N–C) groups is 1. The van der Waals surface area contributed by atoms with Crippen molar-refractivity contribution >= 4 is 35.9 Å². The first-order chi connectivity index (χ1) is 9.31. The molecule has 1 unspecified atom stereocenters. The number of rotatable bonds is 9. The molecule has 0 bridgehead atoms. The normalized spacial score (nSPS) is 13.0. The van der Waals surface area contributed by atoms with E-state index in [9.17, 15) is 4.79 Å². The fourth-order valence-electron chi connectivity index (χ4n) is 1.79. The summed E-state index contributed by atoms with van der Waals surface area (Å²) in [6, 6.07) is 0.306. The van der Waals surface area contributed by atoms with E-state index in [1.165, 1.54) is 12.8 Å². The largest absolute Gasteiger partial charge is 0.463 e. The monoisotopic (exact) mass is 413 g/mol. The molecule has 1 atom stereocenters. The molecule has 0 aliphatic rings. The Morgan fingerprint density at radius 3 is 2.33 bits per heavy atom. The predicted molar refractivity (Wildman–Crippen MR) is 99.0 cm³/mol. The third-order valence-corrected chi connectivity index (χ3v) is 2.78. The van der Waals surface area contributed by atoms with Gasteiger partial charge >= 0.3 is 5.97 Å². The van der Waals surface area contributed by atoms with Gasteiger partial charge in [0.1, 0.15) is 0 Å². The Bertz CT molecular complexity index is 307. The topological polar surface area (TPSA) is 76.7 Å². The van der Waals surface area contributed by atoms with Gasteiger partial charge in [0.25, 0.3) is 0 Å². The van der Waals surface area contributed by atoms with Crippen LogP contribution in [0.1, 0.15) is 60.3 Å². The van der Waals surface area contributed by atoms with Gasteiger partial charge in [0.15, 0.2) is 5.96 Å². The van der Waals surface area contributed by atoms with Crippen LogP contribution in [0.2, 0.25) is 0 Å². The number of carbonyl (C=O) groups is 1. The van der Waals surface area contributed by atoms with Crippen molar-refractivity contribution < 1.29 is 9.53 Å². The summed E-state index contributed by atoms with van der Waals surface area (Å²) in [5.41, 5.74) is 5.78. The summed E-state index contributed by atoms with van der Waals surface area (Å²) in [5, 5.41) is 3.14. The molecule has 0 fully saturated rings. The van der Waals surface area contributed by atoms with Crippen LogP contribution < -0.4 is 11.1 Å². The number of hydrogen-bond acceptors (Lipinski definition) is 3. The molecule has 0 heterocycles. The number of nitrogens with one attached hydrogen (secondary N) is 1. The molecule has 0 aliphatic carbocycles. The van der Waals surface area contributed by atoms with Crippen LogP contribution in [0.15, 0.2) is 4.99 Å². The standard InChI is InChI=1S/C15H31N3O2.HI/c1-11(2)7-6-8-13(5)18-15(16)17-10-9-14(19)20-12(3)4;/h11-13H,6-10H2,1-5H3,(H3,16,17,18);1H. The van der Waals surface area contributed by atoms with Gasteiger partial charge in [-0.3, -0.25) is 9.79 Å². The van der Waals surface area contributed by atoms with Gasteiger partial charge in [0.2, 0.25) is 0 Å². The highest BCUT2D eigenvalue weighted by molar-refractivity contribution is 14.0. The van der Waals surface area contributed by atoms with Gasteiger partial charge in [-0.15, -0.1) is 24.0 Å². The summed E-state index contributed by atoms with van der Waals surface area (Å²) in [7, 11) is 0. The highest BCUT2D eigenvalue weighted by atomic mass is 127. The van der Waals surface area contributed by atoms with E-state index in [2.05, 4.69) is 31.1 Å². The lowest BCUT2D eigenvalue weighted by atomic mass is 10.0. The number of esters is 1. The fraction of sp³-hybridized carbons (Fsp3) is 0.867. The summed E-state index contributed by atoms with van der Waals surface area (Å²) >= 11 is 0. The van der Waals surface area contributed by atoms with Crippen molar-refractivity contribution in [2.24, 2.45) is 16.6 Å². The molecule has 0 saturated carbocycles. The Morgan fingerprint density at radius 1 is 1.19 bits per heavy atom. The lowest BCUT2D eigenvalue weighted by molar-refractivity contribution is -0.147. The molecular formula is C15H32IN3O2. The molecule has 0 aromatic rings. The molecule has 0 spiro atoms. The number of halogens is 1. The maximum atomic E-state index is 11.3. The zero-order valence-corrected chi connectivity index (χ0v) is 16.3. The second-order valence-electron chi connectivity index (χ2n) is 5.93. The number of carbonyl (C=O) groups excluding carboxylic acids is 1. The van der Waals surface area contributed by atoms with Gasteiger partial charge in [-0.2, -0.15) is 0 Å². The zero-order valence-electron chi connectivity index (χ0n) is 14.0. The van der Waals surface area contributed by atoms with Crippen LogP contribution in [-0.2, 0) is 9.53 Å². The maximum absolute atomic E-state index is 11.3. The van der Waals surface area contributed by atoms with Gasteiger partial charge in [0.05, 0.1) is 19.1 Å². The minimum absolute atomic E-state index is 0. The summed E-state index contributed by atoms with van der Waals surface area (Å²) in [6.07, 6.45) is 3.67. The first-order valence-electron chi connectivity index (χ1n) is 7.57. The molecule has 0 aromatic carbocycles. The molecular weight excluding hydrogens is 381 g/mol. The van der Waals surface area contributed by atoms with Gasteiger partial charge in [-0.1, -0.05) is 26.7 Å². The third kappa shape index (κ3) is 15.7. The lowest BCUT2D eigenvalue weighted by Crippen LogP contribution is -2.38. The van der Waals surface area contributed by atoms with Crippen LogP contribution in [0.4, 0.5) is 0 Å². The first kappa shape index (κ1) is 22.7. The smallest absolute Gasteiger partial charge is 0.307 e. The average Bonchev–Trinajstić information content (AvgIpc) is 2.26. The molecule has 0 amide bonds. The van der Waals surface area contributed by atoms with Crippen LogP contribution in [0.5, 0.6) is 0 Å². The van der Waals surface area contributed by atoms with Crippen molar-refractivity contribution in [3.05, 3.63) is 0 Å². The molecule has 0 radical (unpaired) electrons. The highest BCUT2D eigenvalue weighted by Gasteiger charge is 2.06. The molecule has 126 valence electrons. The molecule has 6 heteroatoms. The second kappa shape index (κ2) is 13.2. The number of nitrogens with two attached hydrogens (primary N) is 1. The summed E-state index contributed by atoms with van der Waals surface area (Å²) in [4.78, 5) is 15.4. The van der Waals surface area contributed by atoms with Crippen molar-refractivity contribution in [2.45, 2.75) is 72.4 Å². The molecule has 5 nitrogen and oxygen atoms in total. The summed E-state index contributed by atoms with van der Waals surface area (Å²) in [6.45, 7) is 10.6. The minimum atomic E-state index is -0.235. The Balaban J connectivity index is 0. The third-order valence-electron chi connectivity index (χ3n) is 2.78. The first-order valence-corrected chi connectivity index (χ1v) is 7.57. The van der Waals surface area contributed by atoms with Crippen LogP contribution in [0.25, 0.3) is 0 Å². The van der Waals surface area contributed by atoms with Crippen molar-refractivity contribution in [2.75, 3.05) is 6.54 Å². The van der Waals surface area contributed by atoms with Crippen LogP contribution >= 0.6 is 24.0 Å². The maximum Gasteiger partial charge on any atom is 0.307 e. The summed E-state index contributed by atoms with van der Waals surface area (Å²) < 4.78 is 5.02. The van der Waals surface area contributed by atoms with Crippen molar-refractivity contribution in [3.63, 3.8) is 0 Å². The molecule has 0 saturated heterocycles. The van der Waals surface area contributed by atoms with Crippen molar-refractivity contribution in [1.82, 2.24) is 5.32 Å². The Hall–Kier alpha value is -0.530. The predicted octanol–water partition coefficient (Wildman–Crippen LogP) is 3.07. The Kier molecular flexibility index (Phi) is 14.2. The van der Waals surface area contributed by atoms with Gasteiger partial charge in [0, 0.05) is 6.04 Å². The Morgan fingerprint density at radius 2 is 1.81 bits per heavy atom. The van der Waals surface area contributed by atoms with Crippen molar-refractivity contribution in [1.29, 1.82) is 0 Å². The Labute approximate surface area is 146 Å². The number of guanidine groups is 1. The van der Waals surface area contributed by atoms with E-state index >= 15 is 0 Å². The molecule has 0 aliphatic heterocycles. The second-order valence-corrected chi connectivity index (χ2v) is 5.93. The van der Waals surface area contributed by atoms with E-state index in [0.29, 0.717) is 18.5 Å². The highest BCUT2D eigenvalue weighted by Crippen LogP contribution is 2.07. The van der Waals surface area contributed by atoms with Gasteiger partial charge < -0.3 is 15.8 Å². The lowest BCUT2D eigenvalue weighted by Gasteiger charge is -2.15. The van der Waals surface area contributed by atoms with E-state index in [1.54, 1.807) is 0 Å². The fourth-order valence-corrected chi connectivity index (χ4v) is 1.79. The van der Waals surface area contributed by atoms with Crippen molar-refractivity contribution in [3.8, 4) is 0 Å². The van der Waals surface area contributed by atoms with Gasteiger partial charge in [-0.25, -0.2) is 0 Å². The summed E-state index contributed by atoms with van der Waals surface area (Å²) in [5.74, 6) is 0.904. The SMILES string of the molecule is CC(C)CCCC(C)NC(N)=NCCC(=O)OC(C)C.I. The average molecular weight is 413 g/mol. The molecule has 0 rings (SSSR count). The van der Waals surface area contributed by atoms with E-state index in [4.69, 9.17) is 10.5 Å². The zero-order chi connectivity index (χ0) is 15.5. The quantitative estimate of drug-likeness (QED) is 0.264. The van der Waals surface area contributed by atoms with Gasteiger partial charge in [-0.05, 0) is 33.1 Å². The number of nitrogens with zero attached hydrogens (tertiary/aromatic N) is 1. The minimum Gasteiger partial charge on any atom is -0.463 e. The van der Waals surface area contributed by atoms with Crippen LogP contribution in [0.3, 0.4) is 0 Å². The number of hydrogen-bond donors (Lipinski definition) is 2. The van der Waals surface area contributed by atoms with Crippen LogP contribution in [-0.4, -0.2) is 30.6 Å². The van der Waals surface area contributed by atoms with E-state index < -0.39 is 0 Å². The molecule has 21 heavy (non-hydrogen) atoms. The van der Waals surface area contributed by atoms with E-state index in [0.717, 1.165) is 12.3 Å².